The standard InChI is InChI=1S/C28H20N2O3S/c1-16-8-10-18(11-9-16)33-28(31)26-25-24-21(20-13-12-19(32-2)14-23(20)29-25)15-22(30-27(24)34-26)17-6-4-3-5-7-17/h3-15,29H,1-2H3. The largest absolute Gasteiger partial charge is 0.497 e. The quantitative estimate of drug-likeness (QED) is 0.220. The molecule has 0 radical (unpaired) electrons. The van der Waals surface area contributed by atoms with E-state index in [1.54, 1.807) is 19.2 Å². The van der Waals surface area contributed by atoms with Gasteiger partial charge in [0, 0.05) is 22.6 Å². The molecule has 1 N–H and O–H groups in total. The van der Waals surface area contributed by atoms with Crippen LogP contribution in [0.1, 0.15) is 15.2 Å². The van der Waals surface area contributed by atoms with Crippen LogP contribution in [-0.2, 0) is 0 Å². The van der Waals surface area contributed by atoms with Crippen LogP contribution in [0.15, 0.2) is 78.9 Å². The number of benzene rings is 3. The molecule has 34 heavy (non-hydrogen) atoms. The topological polar surface area (TPSA) is 60.5 Å². The van der Waals surface area contributed by atoms with Gasteiger partial charge in [-0.1, -0.05) is 48.0 Å². The molecule has 3 heterocycles. The molecule has 0 amide bonds. The highest BCUT2D eigenvalue weighted by Crippen LogP contribution is 2.50. The van der Waals surface area contributed by atoms with Gasteiger partial charge in [-0.25, -0.2) is 9.78 Å². The molecular weight excluding hydrogens is 444 g/mol. The van der Waals surface area contributed by atoms with Gasteiger partial charge in [0.15, 0.2) is 0 Å². The Kier molecular flexibility index (Phi) is 4.81. The zero-order valence-electron chi connectivity index (χ0n) is 18.6. The Balaban J connectivity index is 1.54. The van der Waals surface area contributed by atoms with Crippen LogP contribution >= 0.6 is 11.3 Å². The van der Waals surface area contributed by atoms with Gasteiger partial charge in [0.05, 0.1) is 24.2 Å². The third-order valence-electron chi connectivity index (χ3n) is 5.93. The van der Waals surface area contributed by atoms with E-state index in [1.807, 2.05) is 67.6 Å². The number of rotatable bonds is 4. The molecule has 6 heteroatoms. The minimum absolute atomic E-state index is 0.409. The van der Waals surface area contributed by atoms with Crippen molar-refractivity contribution >= 4 is 38.9 Å². The zero-order valence-corrected chi connectivity index (χ0v) is 19.4. The normalized spacial score (nSPS) is 11.6. The number of fused-ring (bicyclic) bond motifs is 2. The summed E-state index contributed by atoms with van der Waals surface area (Å²) in [4.78, 5) is 19.5. The molecule has 0 atom stereocenters. The van der Waals surface area contributed by atoms with Gasteiger partial charge < -0.3 is 14.8 Å². The highest BCUT2D eigenvalue weighted by atomic mass is 32.1. The monoisotopic (exact) mass is 464 g/mol. The third-order valence-corrected chi connectivity index (χ3v) is 6.99. The summed E-state index contributed by atoms with van der Waals surface area (Å²) in [5.41, 5.74) is 6.65. The SMILES string of the molecule is COc1ccc2c(c1)Nc1c(C(=O)Oc3ccc(C)cc3)sc3nc(-c4ccccc4)cc-2c13. The van der Waals surface area contributed by atoms with Crippen LogP contribution in [0.25, 0.3) is 32.6 Å². The van der Waals surface area contributed by atoms with Crippen molar-refractivity contribution in [2.45, 2.75) is 6.92 Å². The average molecular weight is 465 g/mol. The van der Waals surface area contributed by atoms with Crippen LogP contribution in [0.5, 0.6) is 11.5 Å². The molecule has 0 bridgehead atoms. The number of carbonyl (C=O) groups excluding carboxylic acids is 1. The van der Waals surface area contributed by atoms with E-state index < -0.39 is 5.97 Å². The maximum absolute atomic E-state index is 13.3. The Hall–Kier alpha value is -4.16. The number of aromatic nitrogens is 1. The van der Waals surface area contributed by atoms with Crippen LogP contribution < -0.4 is 14.8 Å². The molecule has 6 rings (SSSR count). The molecule has 0 unspecified atom stereocenters. The first kappa shape index (κ1) is 20.4. The van der Waals surface area contributed by atoms with E-state index in [2.05, 4.69) is 11.4 Å². The highest BCUT2D eigenvalue weighted by molar-refractivity contribution is 7.21. The first-order chi connectivity index (χ1) is 16.6. The Bertz CT molecular complexity index is 1560. The van der Waals surface area contributed by atoms with E-state index in [9.17, 15) is 4.79 Å². The van der Waals surface area contributed by atoms with Crippen molar-refractivity contribution in [3.8, 4) is 33.9 Å². The zero-order chi connectivity index (χ0) is 23.2. The van der Waals surface area contributed by atoms with Crippen LogP contribution in [0.4, 0.5) is 11.4 Å². The first-order valence-corrected chi connectivity index (χ1v) is 11.7. The van der Waals surface area contributed by atoms with Gasteiger partial charge in [-0.05, 0) is 42.8 Å². The fraction of sp³-hybridized carbons (Fsp3) is 0.0714. The molecule has 0 saturated heterocycles. The van der Waals surface area contributed by atoms with Crippen LogP contribution in [0.2, 0.25) is 0 Å². The minimum Gasteiger partial charge on any atom is -0.497 e. The maximum atomic E-state index is 13.3. The predicted octanol–water partition coefficient (Wildman–Crippen LogP) is 7.22. The molecule has 0 fully saturated rings. The number of thiophene rings is 1. The summed E-state index contributed by atoms with van der Waals surface area (Å²) in [6.45, 7) is 1.99. The lowest BCUT2D eigenvalue weighted by Gasteiger charge is -2.21. The summed E-state index contributed by atoms with van der Waals surface area (Å²) in [6.07, 6.45) is 0. The summed E-state index contributed by atoms with van der Waals surface area (Å²) < 4.78 is 11.2. The summed E-state index contributed by atoms with van der Waals surface area (Å²) in [5.74, 6) is 0.839. The van der Waals surface area contributed by atoms with Crippen molar-refractivity contribution in [2.75, 3.05) is 12.4 Å². The van der Waals surface area contributed by atoms with Crippen molar-refractivity contribution in [2.24, 2.45) is 0 Å². The number of nitrogens with one attached hydrogen (secondary N) is 1. The Morgan fingerprint density at radius 2 is 1.68 bits per heavy atom. The van der Waals surface area contributed by atoms with E-state index in [-0.39, 0.29) is 0 Å². The number of esters is 1. The number of hydrogen-bond donors (Lipinski definition) is 1. The Morgan fingerprint density at radius 3 is 2.44 bits per heavy atom. The summed E-state index contributed by atoms with van der Waals surface area (Å²) in [5, 5.41) is 4.38. The van der Waals surface area contributed by atoms with Crippen LogP contribution in [0, 0.1) is 6.92 Å². The Morgan fingerprint density at radius 1 is 0.912 bits per heavy atom. The van der Waals surface area contributed by atoms with Gasteiger partial charge in [0.2, 0.25) is 0 Å². The number of aryl methyl sites for hydroxylation is 1. The molecule has 3 aromatic carbocycles. The second-order valence-electron chi connectivity index (χ2n) is 8.15. The summed E-state index contributed by atoms with van der Waals surface area (Å²) in [7, 11) is 1.64. The van der Waals surface area contributed by atoms with Gasteiger partial charge in [0.1, 0.15) is 21.2 Å². The lowest BCUT2D eigenvalue weighted by atomic mass is 9.95. The van der Waals surface area contributed by atoms with E-state index in [0.717, 1.165) is 55.3 Å². The van der Waals surface area contributed by atoms with E-state index in [1.165, 1.54) is 11.3 Å². The number of hydrogen-bond acceptors (Lipinski definition) is 6. The molecule has 2 aromatic heterocycles. The maximum Gasteiger partial charge on any atom is 0.355 e. The van der Waals surface area contributed by atoms with Gasteiger partial charge in [-0.15, -0.1) is 11.3 Å². The number of methoxy groups -OCH3 is 1. The van der Waals surface area contributed by atoms with Gasteiger partial charge >= 0.3 is 5.97 Å². The van der Waals surface area contributed by atoms with Gasteiger partial charge in [0.25, 0.3) is 0 Å². The van der Waals surface area contributed by atoms with Crippen molar-refractivity contribution in [1.82, 2.24) is 4.98 Å². The molecule has 0 saturated carbocycles. The lowest BCUT2D eigenvalue weighted by molar-refractivity contribution is 0.0741. The Labute approximate surface area is 200 Å². The molecule has 166 valence electrons. The van der Waals surface area contributed by atoms with E-state index >= 15 is 0 Å². The third kappa shape index (κ3) is 3.40. The van der Waals surface area contributed by atoms with Gasteiger partial charge in [-0.2, -0.15) is 0 Å². The lowest BCUT2D eigenvalue weighted by Crippen LogP contribution is -2.10. The van der Waals surface area contributed by atoms with Crippen LogP contribution in [0.3, 0.4) is 0 Å². The van der Waals surface area contributed by atoms with Crippen molar-refractivity contribution < 1.29 is 14.3 Å². The summed E-state index contributed by atoms with van der Waals surface area (Å²) >= 11 is 1.34. The van der Waals surface area contributed by atoms with Crippen molar-refractivity contribution in [3.63, 3.8) is 0 Å². The first-order valence-electron chi connectivity index (χ1n) is 10.9. The molecule has 5 aromatic rings. The minimum atomic E-state index is -0.409. The van der Waals surface area contributed by atoms with Crippen molar-refractivity contribution in [1.29, 1.82) is 0 Å². The van der Waals surface area contributed by atoms with Gasteiger partial charge in [-0.3, -0.25) is 0 Å². The number of anilines is 2. The predicted molar refractivity (Wildman–Crippen MR) is 136 cm³/mol. The molecule has 1 aliphatic heterocycles. The fourth-order valence-electron chi connectivity index (χ4n) is 4.21. The van der Waals surface area contributed by atoms with Crippen LogP contribution in [-0.4, -0.2) is 18.1 Å². The average Bonchev–Trinajstić information content (AvgIpc) is 3.24. The fourth-order valence-corrected chi connectivity index (χ4v) is 5.25. The van der Waals surface area contributed by atoms with E-state index in [0.29, 0.717) is 10.6 Å². The number of carbonyl (C=O) groups is 1. The number of ether oxygens (including phenoxy) is 2. The smallest absolute Gasteiger partial charge is 0.355 e. The molecule has 0 spiro atoms. The van der Waals surface area contributed by atoms with Crippen molar-refractivity contribution in [3.05, 3.63) is 89.3 Å². The molecular formula is C28H20N2O3S. The second-order valence-corrected chi connectivity index (χ2v) is 9.15. The summed E-state index contributed by atoms with van der Waals surface area (Å²) in [6, 6.07) is 25.5. The second kappa shape index (κ2) is 8.01. The molecule has 1 aliphatic rings. The van der Waals surface area contributed by atoms with E-state index in [4.69, 9.17) is 14.5 Å². The molecule has 5 nitrogen and oxygen atoms in total. The highest BCUT2D eigenvalue weighted by Gasteiger charge is 2.29. The number of nitrogens with zero attached hydrogens (tertiary/aromatic N) is 1. The molecule has 0 aliphatic carbocycles. The number of pyridine rings is 1.